The zero-order chi connectivity index (χ0) is 21.9. The molecule has 9 heteroatoms. The molecular formula is C22H29N5O3S. The summed E-state index contributed by atoms with van der Waals surface area (Å²) in [5, 5.41) is 9.90. The Hall–Kier alpha value is -2.65. The average molecular weight is 444 g/mol. The van der Waals surface area contributed by atoms with Crippen molar-refractivity contribution >= 4 is 35.0 Å². The van der Waals surface area contributed by atoms with E-state index in [2.05, 4.69) is 25.8 Å². The summed E-state index contributed by atoms with van der Waals surface area (Å²) in [6.07, 6.45) is 8.29. The fourth-order valence-electron chi connectivity index (χ4n) is 3.15. The first kappa shape index (κ1) is 23.0. The summed E-state index contributed by atoms with van der Waals surface area (Å²) in [6, 6.07) is 7.77. The van der Waals surface area contributed by atoms with Gasteiger partial charge in [-0.1, -0.05) is 17.3 Å². The molecule has 2 N–H and O–H groups in total. The summed E-state index contributed by atoms with van der Waals surface area (Å²) < 4.78 is 5.09. The maximum Gasteiger partial charge on any atom is 0.279 e. The second-order valence-electron chi connectivity index (χ2n) is 7.16. The van der Waals surface area contributed by atoms with Crippen molar-refractivity contribution in [2.75, 3.05) is 37.2 Å². The molecule has 1 aliphatic carbocycles. The van der Waals surface area contributed by atoms with E-state index in [4.69, 9.17) is 9.57 Å². The van der Waals surface area contributed by atoms with Gasteiger partial charge >= 0.3 is 0 Å². The minimum Gasteiger partial charge on any atom is -0.392 e. The molecule has 0 atom stereocenters. The lowest BCUT2D eigenvalue weighted by Gasteiger charge is -2.11. The minimum absolute atomic E-state index is 0.0631. The third-order valence-corrected chi connectivity index (χ3v) is 5.95. The molecule has 1 aromatic carbocycles. The topological polar surface area (TPSA) is 97.7 Å². The molecule has 1 aromatic heterocycles. The molecular weight excluding hydrogens is 414 g/mol. The number of hydrogen-bond acceptors (Lipinski definition) is 8. The van der Waals surface area contributed by atoms with Crippen LogP contribution in [0.1, 0.15) is 37.7 Å². The van der Waals surface area contributed by atoms with Gasteiger partial charge in [0.05, 0.1) is 12.4 Å². The fraction of sp³-hybridized carbons (Fsp3) is 0.455. The number of thioether (sulfide) groups is 1. The van der Waals surface area contributed by atoms with E-state index in [0.717, 1.165) is 49.4 Å². The predicted molar refractivity (Wildman–Crippen MR) is 124 cm³/mol. The molecule has 8 nitrogen and oxygen atoms in total. The van der Waals surface area contributed by atoms with E-state index in [0.29, 0.717) is 17.2 Å². The number of amides is 1. The zero-order valence-corrected chi connectivity index (χ0v) is 18.8. The Morgan fingerprint density at radius 3 is 2.52 bits per heavy atom. The van der Waals surface area contributed by atoms with Gasteiger partial charge in [0.15, 0.2) is 11.5 Å². The van der Waals surface area contributed by atoms with Gasteiger partial charge in [-0.25, -0.2) is 9.97 Å². The van der Waals surface area contributed by atoms with Crippen molar-refractivity contribution in [3.8, 4) is 0 Å². The van der Waals surface area contributed by atoms with Gasteiger partial charge in [-0.2, -0.15) is 0 Å². The SMILES string of the molecule is CNc1cnc(NC(=O)/C(=N/OC2CCCC2)c2ccc(SCCCOC)cc2)cn1. The molecule has 0 radical (unpaired) electrons. The van der Waals surface area contributed by atoms with E-state index < -0.39 is 0 Å². The first-order chi connectivity index (χ1) is 15.2. The van der Waals surface area contributed by atoms with Gasteiger partial charge in [-0.15, -0.1) is 11.8 Å². The van der Waals surface area contributed by atoms with Gasteiger partial charge in [0, 0.05) is 37.0 Å². The highest BCUT2D eigenvalue weighted by molar-refractivity contribution is 7.99. The lowest BCUT2D eigenvalue weighted by Crippen LogP contribution is -2.25. The first-order valence-corrected chi connectivity index (χ1v) is 11.5. The molecule has 0 aliphatic heterocycles. The summed E-state index contributed by atoms with van der Waals surface area (Å²) in [6.45, 7) is 0.749. The van der Waals surface area contributed by atoms with Crippen molar-refractivity contribution in [1.29, 1.82) is 0 Å². The van der Waals surface area contributed by atoms with Crippen LogP contribution < -0.4 is 10.6 Å². The molecule has 0 bridgehead atoms. The van der Waals surface area contributed by atoms with Gasteiger partial charge in [0.1, 0.15) is 11.9 Å². The molecule has 1 saturated carbocycles. The number of oxime groups is 1. The first-order valence-electron chi connectivity index (χ1n) is 10.5. The molecule has 1 heterocycles. The van der Waals surface area contributed by atoms with Crippen LogP contribution in [0.15, 0.2) is 46.7 Å². The van der Waals surface area contributed by atoms with Crippen LogP contribution in [-0.2, 0) is 14.4 Å². The summed E-state index contributed by atoms with van der Waals surface area (Å²) in [5.41, 5.74) is 0.916. The minimum atomic E-state index is -0.384. The summed E-state index contributed by atoms with van der Waals surface area (Å²) >= 11 is 1.75. The standard InChI is InChI=1S/C22H29N5O3S/c1-23-19-14-25-20(15-24-19)26-22(28)21(27-30-17-6-3-4-7-17)16-8-10-18(11-9-16)31-13-5-12-29-2/h8-11,14-15,17H,3-7,12-13H2,1-2H3,(H,23,24)(H,25,26,28)/b27-21+. The fourth-order valence-corrected chi connectivity index (χ4v) is 3.97. The van der Waals surface area contributed by atoms with Crippen LogP contribution in [0.5, 0.6) is 0 Å². The summed E-state index contributed by atoms with van der Waals surface area (Å²) in [5.74, 6) is 1.56. The maximum atomic E-state index is 13.0. The largest absolute Gasteiger partial charge is 0.392 e. The third-order valence-electron chi connectivity index (χ3n) is 4.85. The molecule has 1 amide bonds. The van der Waals surface area contributed by atoms with Gasteiger partial charge in [-0.05, 0) is 44.2 Å². The number of aromatic nitrogens is 2. The van der Waals surface area contributed by atoms with Crippen molar-refractivity contribution in [3.05, 3.63) is 42.2 Å². The highest BCUT2D eigenvalue weighted by atomic mass is 32.2. The van der Waals surface area contributed by atoms with Crippen molar-refractivity contribution < 1.29 is 14.4 Å². The number of rotatable bonds is 11. The Labute approximate surface area is 187 Å². The highest BCUT2D eigenvalue weighted by Crippen LogP contribution is 2.23. The highest BCUT2D eigenvalue weighted by Gasteiger charge is 2.20. The molecule has 2 aromatic rings. The van der Waals surface area contributed by atoms with E-state index in [9.17, 15) is 4.79 Å². The number of methoxy groups -OCH3 is 1. The summed E-state index contributed by atoms with van der Waals surface area (Å²) in [4.78, 5) is 28.2. The number of hydrogen-bond donors (Lipinski definition) is 2. The Morgan fingerprint density at radius 2 is 1.87 bits per heavy atom. The second-order valence-corrected chi connectivity index (χ2v) is 8.33. The van der Waals surface area contributed by atoms with Crippen molar-refractivity contribution in [2.24, 2.45) is 5.16 Å². The lowest BCUT2D eigenvalue weighted by molar-refractivity contribution is -0.110. The number of anilines is 2. The van der Waals surface area contributed by atoms with Gasteiger partial charge in [-0.3, -0.25) is 4.79 Å². The molecule has 166 valence electrons. The summed E-state index contributed by atoms with van der Waals surface area (Å²) in [7, 11) is 3.46. The molecule has 0 unspecified atom stereocenters. The maximum absolute atomic E-state index is 13.0. The van der Waals surface area contributed by atoms with Gasteiger partial charge in [0.2, 0.25) is 0 Å². The number of carbonyl (C=O) groups is 1. The Bertz CT molecular complexity index is 852. The molecule has 3 rings (SSSR count). The average Bonchev–Trinajstić information content (AvgIpc) is 3.32. The van der Waals surface area contributed by atoms with Crippen LogP contribution in [0, 0.1) is 0 Å². The van der Waals surface area contributed by atoms with Crippen LogP contribution in [0.25, 0.3) is 0 Å². The Balaban J connectivity index is 1.71. The van der Waals surface area contributed by atoms with Crippen molar-refractivity contribution in [2.45, 2.75) is 43.1 Å². The lowest BCUT2D eigenvalue weighted by atomic mass is 10.1. The van der Waals surface area contributed by atoms with Crippen molar-refractivity contribution in [1.82, 2.24) is 9.97 Å². The van der Waals surface area contributed by atoms with E-state index >= 15 is 0 Å². The molecule has 0 saturated heterocycles. The van der Waals surface area contributed by atoms with Crippen LogP contribution in [0.3, 0.4) is 0 Å². The second kappa shape index (κ2) is 12.3. The Kier molecular flexibility index (Phi) is 9.11. The predicted octanol–water partition coefficient (Wildman–Crippen LogP) is 3.95. The number of ether oxygens (including phenoxy) is 1. The number of nitrogens with zero attached hydrogens (tertiary/aromatic N) is 3. The molecule has 1 aliphatic rings. The molecule has 31 heavy (non-hydrogen) atoms. The Morgan fingerprint density at radius 1 is 1.16 bits per heavy atom. The van der Waals surface area contributed by atoms with Crippen LogP contribution in [-0.4, -0.2) is 54.2 Å². The third kappa shape index (κ3) is 7.22. The van der Waals surface area contributed by atoms with Crippen LogP contribution >= 0.6 is 11.8 Å². The zero-order valence-electron chi connectivity index (χ0n) is 18.0. The number of nitrogens with one attached hydrogen (secondary N) is 2. The van der Waals surface area contributed by atoms with Crippen LogP contribution in [0.4, 0.5) is 11.6 Å². The van der Waals surface area contributed by atoms with E-state index in [1.54, 1.807) is 32.1 Å². The molecule has 1 fully saturated rings. The van der Waals surface area contributed by atoms with Crippen molar-refractivity contribution in [3.63, 3.8) is 0 Å². The normalized spacial score (nSPS) is 14.5. The number of benzene rings is 1. The van der Waals surface area contributed by atoms with Gasteiger partial charge < -0.3 is 20.2 Å². The van der Waals surface area contributed by atoms with Gasteiger partial charge in [0.25, 0.3) is 5.91 Å². The van der Waals surface area contributed by atoms with Crippen LogP contribution in [0.2, 0.25) is 0 Å². The monoisotopic (exact) mass is 443 g/mol. The van der Waals surface area contributed by atoms with E-state index in [1.807, 2.05) is 24.3 Å². The number of carbonyl (C=O) groups excluding carboxylic acids is 1. The molecule has 0 spiro atoms. The smallest absolute Gasteiger partial charge is 0.279 e. The van der Waals surface area contributed by atoms with E-state index in [1.165, 1.54) is 6.20 Å². The quantitative estimate of drug-likeness (QED) is 0.235. The van der Waals surface area contributed by atoms with E-state index in [-0.39, 0.29) is 17.7 Å².